The van der Waals surface area contributed by atoms with E-state index in [1.54, 1.807) is 12.1 Å². The Hall–Kier alpha value is -4.75. The van der Waals surface area contributed by atoms with Crippen molar-refractivity contribution in [2.75, 3.05) is 13.2 Å². The van der Waals surface area contributed by atoms with Crippen LogP contribution in [0.15, 0.2) is 66.1 Å². The fourth-order valence-electron chi connectivity index (χ4n) is 4.28. The molecule has 0 aromatic heterocycles. The maximum Gasteiger partial charge on any atom is 0.345 e. The molecular weight excluding hydrogens is 550 g/mol. The van der Waals surface area contributed by atoms with E-state index in [0.29, 0.717) is 36.2 Å². The van der Waals surface area contributed by atoms with Gasteiger partial charge >= 0.3 is 5.97 Å². The second-order valence-corrected chi connectivity index (χ2v) is 10.0. The number of nitro benzene ring substituents is 1. The average Bonchev–Trinajstić information content (AvgIpc) is 2.93. The van der Waals surface area contributed by atoms with Crippen molar-refractivity contribution in [3.05, 3.63) is 97.9 Å². The van der Waals surface area contributed by atoms with Crippen LogP contribution in [-0.4, -0.2) is 24.1 Å². The van der Waals surface area contributed by atoms with Crippen molar-refractivity contribution in [1.29, 1.82) is 5.26 Å². The number of fused-ring (bicyclic) bond motifs is 1. The van der Waals surface area contributed by atoms with Crippen molar-refractivity contribution >= 4 is 23.3 Å². The lowest BCUT2D eigenvalue weighted by atomic mass is 9.83. The molecule has 1 unspecified atom stereocenters. The fourth-order valence-corrected chi connectivity index (χ4v) is 4.48. The number of nitrogens with zero attached hydrogens (tertiary/aromatic N) is 2. The Morgan fingerprint density at radius 3 is 2.61 bits per heavy atom. The third kappa shape index (κ3) is 6.53. The number of nitro groups is 1. The topological polar surface area (TPSA) is 147 Å². The summed E-state index contributed by atoms with van der Waals surface area (Å²) in [7, 11) is 0. The van der Waals surface area contributed by atoms with E-state index in [-0.39, 0.29) is 39.2 Å². The Morgan fingerprint density at radius 2 is 1.93 bits per heavy atom. The molecule has 1 aliphatic heterocycles. The van der Waals surface area contributed by atoms with Crippen LogP contribution in [0.3, 0.4) is 0 Å². The van der Waals surface area contributed by atoms with E-state index in [2.05, 4.69) is 19.9 Å². The summed E-state index contributed by atoms with van der Waals surface area (Å²) in [6, 6.07) is 15.7. The van der Waals surface area contributed by atoms with Crippen LogP contribution in [0.5, 0.6) is 23.0 Å². The third-order valence-corrected chi connectivity index (χ3v) is 6.67. The molecule has 4 rings (SSSR count). The zero-order valence-corrected chi connectivity index (χ0v) is 23.4. The van der Waals surface area contributed by atoms with Gasteiger partial charge in [-0.1, -0.05) is 37.6 Å². The van der Waals surface area contributed by atoms with Gasteiger partial charge in [0.05, 0.1) is 34.6 Å². The van der Waals surface area contributed by atoms with Crippen LogP contribution in [0.1, 0.15) is 54.6 Å². The molecule has 0 radical (unpaired) electrons. The number of carbonyl (C=O) groups is 1. The molecule has 3 aromatic rings. The molecule has 10 nitrogen and oxygen atoms in total. The van der Waals surface area contributed by atoms with Crippen LogP contribution < -0.4 is 24.7 Å². The Bertz CT molecular complexity index is 1560. The van der Waals surface area contributed by atoms with Crippen molar-refractivity contribution in [3.63, 3.8) is 0 Å². The average molecular weight is 578 g/mol. The summed E-state index contributed by atoms with van der Waals surface area (Å²) in [6.07, 6.45) is 0.888. The van der Waals surface area contributed by atoms with Crippen LogP contribution in [0.4, 0.5) is 5.69 Å². The summed E-state index contributed by atoms with van der Waals surface area (Å²) < 4.78 is 23.0. The van der Waals surface area contributed by atoms with Crippen molar-refractivity contribution in [2.45, 2.75) is 33.1 Å². The highest BCUT2D eigenvalue weighted by Crippen LogP contribution is 2.45. The van der Waals surface area contributed by atoms with Crippen LogP contribution in [-0.2, 0) is 0 Å². The molecule has 0 saturated carbocycles. The van der Waals surface area contributed by atoms with E-state index in [4.69, 9.17) is 36.3 Å². The van der Waals surface area contributed by atoms with Gasteiger partial charge in [0.1, 0.15) is 23.1 Å². The zero-order valence-electron chi connectivity index (χ0n) is 22.7. The van der Waals surface area contributed by atoms with Crippen LogP contribution in [0.2, 0.25) is 5.02 Å². The smallest absolute Gasteiger partial charge is 0.345 e. The number of carbonyl (C=O) groups excluding carboxylic acids is 1. The Kier molecular flexibility index (Phi) is 9.00. The van der Waals surface area contributed by atoms with Crippen molar-refractivity contribution in [1.82, 2.24) is 0 Å². The van der Waals surface area contributed by atoms with Crippen molar-refractivity contribution in [2.24, 2.45) is 11.7 Å². The number of nitriles is 1. The molecule has 3 aromatic carbocycles. The number of rotatable bonds is 10. The molecule has 2 N–H and O–H groups in total. The van der Waals surface area contributed by atoms with Gasteiger partial charge in [0.2, 0.25) is 5.88 Å². The van der Waals surface area contributed by atoms with E-state index < -0.39 is 16.8 Å². The minimum Gasteiger partial charge on any atom is -0.490 e. The number of ether oxygens (including phenoxy) is 4. The number of hydrogen-bond donors (Lipinski definition) is 1. The largest absolute Gasteiger partial charge is 0.490 e. The lowest BCUT2D eigenvalue weighted by molar-refractivity contribution is -0.384. The highest BCUT2D eigenvalue weighted by Gasteiger charge is 2.32. The summed E-state index contributed by atoms with van der Waals surface area (Å²) in [6.45, 7) is 7.07. The molecule has 0 aliphatic carbocycles. The van der Waals surface area contributed by atoms with Crippen LogP contribution in [0.25, 0.3) is 0 Å². The first-order valence-electron chi connectivity index (χ1n) is 12.9. The first-order chi connectivity index (χ1) is 19.6. The second kappa shape index (κ2) is 12.6. The summed E-state index contributed by atoms with van der Waals surface area (Å²) in [5.74, 6) is 0.417. The first kappa shape index (κ1) is 29.2. The molecule has 0 saturated heterocycles. The van der Waals surface area contributed by atoms with Gasteiger partial charge in [-0.3, -0.25) is 10.1 Å². The normalized spacial score (nSPS) is 14.1. The number of nitrogens with two attached hydrogens (primary N) is 1. The zero-order chi connectivity index (χ0) is 29.7. The standard InChI is InChI=1S/C30H28ClN3O7/c1-4-38-27-13-18(5-10-25(27)39-12-11-17(2)3)28-21-8-7-20(15-26(21)41-29(33)23(28)16-32)40-30(35)22-14-19(34(36)37)6-9-24(22)31/h5-10,13-15,17,28H,4,11-12,33H2,1-3H3. The Balaban J connectivity index is 1.67. The molecular formula is C30H28ClN3O7. The van der Waals surface area contributed by atoms with E-state index in [9.17, 15) is 20.2 Å². The molecule has 0 spiro atoms. The number of benzene rings is 3. The van der Waals surface area contributed by atoms with Gasteiger partial charge in [0, 0.05) is 23.8 Å². The molecule has 0 bridgehead atoms. The van der Waals surface area contributed by atoms with Crippen molar-refractivity contribution < 1.29 is 28.7 Å². The molecule has 212 valence electrons. The number of esters is 1. The van der Waals surface area contributed by atoms with Gasteiger partial charge in [-0.05, 0) is 49.1 Å². The minimum absolute atomic E-state index is 0.00227. The van der Waals surface area contributed by atoms with Gasteiger partial charge in [-0.2, -0.15) is 5.26 Å². The maximum absolute atomic E-state index is 12.8. The lowest BCUT2D eigenvalue weighted by Gasteiger charge is -2.27. The number of non-ortho nitro benzene ring substituents is 1. The van der Waals surface area contributed by atoms with Crippen LogP contribution >= 0.6 is 11.6 Å². The first-order valence-corrected chi connectivity index (χ1v) is 13.3. The lowest BCUT2D eigenvalue weighted by Crippen LogP contribution is -2.21. The SMILES string of the molecule is CCOc1cc(C2C(C#N)=C(N)Oc3cc(OC(=O)c4cc([N+](=O)[O-])ccc4Cl)ccc32)ccc1OCCC(C)C. The summed E-state index contributed by atoms with van der Waals surface area (Å²) >= 11 is 6.08. The Labute approximate surface area is 242 Å². The molecule has 11 heteroatoms. The highest BCUT2D eigenvalue weighted by molar-refractivity contribution is 6.33. The summed E-state index contributed by atoms with van der Waals surface area (Å²) in [5, 5.41) is 21.1. The van der Waals surface area contributed by atoms with Gasteiger partial charge in [-0.25, -0.2) is 4.79 Å². The van der Waals surface area contributed by atoms with Crippen molar-refractivity contribution in [3.8, 4) is 29.1 Å². The molecule has 1 atom stereocenters. The van der Waals surface area contributed by atoms with E-state index in [1.165, 1.54) is 24.3 Å². The monoisotopic (exact) mass is 577 g/mol. The number of halogens is 1. The van der Waals surface area contributed by atoms with Gasteiger partial charge < -0.3 is 24.7 Å². The number of hydrogen-bond acceptors (Lipinski definition) is 9. The summed E-state index contributed by atoms with van der Waals surface area (Å²) in [4.78, 5) is 23.3. The molecule has 1 aliphatic rings. The predicted octanol–water partition coefficient (Wildman–Crippen LogP) is 6.51. The van der Waals surface area contributed by atoms with Gasteiger partial charge in [0.25, 0.3) is 5.69 Å². The molecule has 0 fully saturated rings. The Morgan fingerprint density at radius 1 is 1.15 bits per heavy atom. The summed E-state index contributed by atoms with van der Waals surface area (Å²) in [5.41, 5.74) is 7.23. The molecule has 0 amide bonds. The highest BCUT2D eigenvalue weighted by atomic mass is 35.5. The van der Waals surface area contributed by atoms with Gasteiger partial charge in [0.15, 0.2) is 11.5 Å². The predicted molar refractivity (Wildman–Crippen MR) is 151 cm³/mol. The third-order valence-electron chi connectivity index (χ3n) is 6.34. The van der Waals surface area contributed by atoms with Gasteiger partial charge in [-0.15, -0.1) is 0 Å². The maximum atomic E-state index is 12.8. The second-order valence-electron chi connectivity index (χ2n) is 9.61. The van der Waals surface area contributed by atoms with E-state index >= 15 is 0 Å². The molecule has 41 heavy (non-hydrogen) atoms. The van der Waals surface area contributed by atoms with E-state index in [0.717, 1.165) is 18.1 Å². The quantitative estimate of drug-likeness (QED) is 0.123. The minimum atomic E-state index is -0.887. The van der Waals surface area contributed by atoms with Crippen LogP contribution in [0, 0.1) is 27.4 Å². The van der Waals surface area contributed by atoms with E-state index in [1.807, 2.05) is 19.1 Å². The number of allylic oxidation sites excluding steroid dienone is 1. The molecule has 1 heterocycles. The fraction of sp³-hybridized carbons (Fsp3) is 0.267.